The molecule has 80 valence electrons. The average Bonchev–Trinajstić information content (AvgIpc) is 2.25. The second-order valence-electron chi connectivity index (χ2n) is 2.67. The molecule has 0 radical (unpaired) electrons. The smallest absolute Gasteiger partial charge is 0.263 e. The van der Waals surface area contributed by atoms with Gasteiger partial charge in [-0.05, 0) is 5.56 Å². The summed E-state index contributed by atoms with van der Waals surface area (Å²) in [6.45, 7) is 0. The average molecular weight is 212 g/mol. The van der Waals surface area contributed by atoms with Crippen LogP contribution in [0, 0.1) is 0 Å². The standard InChI is InChI=1S/C10H10F2N2O/c1-13-7-15-14-6-8-2-4-9(5-3-8)10(11)12/h2-7,10H,1H3/b13-7-,14-6+. The molecule has 0 aliphatic carbocycles. The minimum Gasteiger partial charge on any atom is -0.345 e. The second kappa shape index (κ2) is 5.85. The molecule has 3 nitrogen and oxygen atoms in total. The van der Waals surface area contributed by atoms with Gasteiger partial charge in [0.05, 0.1) is 6.21 Å². The second-order valence-corrected chi connectivity index (χ2v) is 2.67. The highest BCUT2D eigenvalue weighted by atomic mass is 19.3. The number of rotatable bonds is 4. The van der Waals surface area contributed by atoms with Gasteiger partial charge < -0.3 is 4.84 Å². The Labute approximate surface area is 86.1 Å². The number of halogens is 2. The Balaban J connectivity index is 2.60. The predicted molar refractivity (Wildman–Crippen MR) is 54.5 cm³/mol. The van der Waals surface area contributed by atoms with Crippen molar-refractivity contribution >= 4 is 12.6 Å². The van der Waals surface area contributed by atoms with Crippen molar-refractivity contribution in [3.63, 3.8) is 0 Å². The van der Waals surface area contributed by atoms with Crippen LogP contribution in [0.5, 0.6) is 0 Å². The fourth-order valence-electron chi connectivity index (χ4n) is 0.893. The van der Waals surface area contributed by atoms with Gasteiger partial charge in [0.1, 0.15) is 0 Å². The molecular weight excluding hydrogens is 202 g/mol. The largest absolute Gasteiger partial charge is 0.345 e. The van der Waals surface area contributed by atoms with E-state index in [1.165, 1.54) is 36.9 Å². The maximum absolute atomic E-state index is 12.2. The van der Waals surface area contributed by atoms with Crippen LogP contribution in [0.25, 0.3) is 0 Å². The first-order valence-electron chi connectivity index (χ1n) is 4.22. The van der Waals surface area contributed by atoms with E-state index in [-0.39, 0.29) is 5.56 Å². The first-order valence-corrected chi connectivity index (χ1v) is 4.22. The molecule has 0 spiro atoms. The molecule has 0 amide bonds. The lowest BCUT2D eigenvalue weighted by molar-refractivity contribution is 0.151. The number of nitrogens with zero attached hydrogens (tertiary/aromatic N) is 2. The molecule has 0 aliphatic heterocycles. The normalized spacial score (nSPS) is 11.7. The van der Waals surface area contributed by atoms with Gasteiger partial charge in [-0.1, -0.05) is 29.4 Å². The quantitative estimate of drug-likeness (QED) is 0.429. The van der Waals surface area contributed by atoms with Crippen molar-refractivity contribution < 1.29 is 13.6 Å². The van der Waals surface area contributed by atoms with Crippen LogP contribution in [-0.4, -0.2) is 19.7 Å². The van der Waals surface area contributed by atoms with E-state index in [4.69, 9.17) is 0 Å². The molecule has 0 fully saturated rings. The third-order valence-corrected chi connectivity index (χ3v) is 1.60. The van der Waals surface area contributed by atoms with Crippen LogP contribution in [-0.2, 0) is 4.84 Å². The zero-order valence-corrected chi connectivity index (χ0v) is 8.10. The van der Waals surface area contributed by atoms with Crippen LogP contribution in [0.4, 0.5) is 8.78 Å². The lowest BCUT2D eigenvalue weighted by Gasteiger charge is -1.98. The van der Waals surface area contributed by atoms with Crippen molar-refractivity contribution in [3.05, 3.63) is 35.4 Å². The fraction of sp³-hybridized carbons (Fsp3) is 0.200. The molecule has 1 aromatic carbocycles. The Morgan fingerprint density at radius 3 is 2.47 bits per heavy atom. The lowest BCUT2D eigenvalue weighted by Crippen LogP contribution is -1.87. The summed E-state index contributed by atoms with van der Waals surface area (Å²) in [6.07, 6.45) is 0.139. The minimum atomic E-state index is -2.44. The summed E-state index contributed by atoms with van der Waals surface area (Å²) >= 11 is 0. The monoisotopic (exact) mass is 212 g/mol. The summed E-state index contributed by atoms with van der Waals surface area (Å²) < 4.78 is 24.4. The van der Waals surface area contributed by atoms with Crippen molar-refractivity contribution in [1.29, 1.82) is 0 Å². The van der Waals surface area contributed by atoms with Crippen LogP contribution in [0.1, 0.15) is 17.6 Å². The Morgan fingerprint density at radius 2 is 1.93 bits per heavy atom. The van der Waals surface area contributed by atoms with Gasteiger partial charge in [-0.2, -0.15) is 0 Å². The Hall–Kier alpha value is -1.78. The number of benzene rings is 1. The molecule has 1 aromatic rings. The predicted octanol–water partition coefficient (Wildman–Crippen LogP) is 2.63. The van der Waals surface area contributed by atoms with E-state index in [0.29, 0.717) is 5.56 Å². The van der Waals surface area contributed by atoms with Crippen LogP contribution < -0.4 is 0 Å². The first-order chi connectivity index (χ1) is 7.24. The van der Waals surface area contributed by atoms with Gasteiger partial charge in [0.2, 0.25) is 6.40 Å². The minimum absolute atomic E-state index is 0.0109. The molecule has 5 heteroatoms. The lowest BCUT2D eigenvalue weighted by atomic mass is 10.1. The molecule has 1 rings (SSSR count). The highest BCUT2D eigenvalue weighted by Gasteiger charge is 2.04. The maximum Gasteiger partial charge on any atom is 0.263 e. The molecule has 15 heavy (non-hydrogen) atoms. The van der Waals surface area contributed by atoms with E-state index < -0.39 is 6.43 Å². The molecule has 0 aromatic heterocycles. The van der Waals surface area contributed by atoms with Crippen LogP contribution >= 0.6 is 0 Å². The van der Waals surface area contributed by atoms with Gasteiger partial charge in [-0.25, -0.2) is 8.78 Å². The van der Waals surface area contributed by atoms with Crippen LogP contribution in [0.2, 0.25) is 0 Å². The molecule has 0 saturated heterocycles. The summed E-state index contributed by atoms with van der Waals surface area (Å²) in [5, 5.41) is 3.54. The van der Waals surface area contributed by atoms with Crippen molar-refractivity contribution in [2.45, 2.75) is 6.43 Å². The molecule has 0 atom stereocenters. The summed E-state index contributed by atoms with van der Waals surface area (Å²) in [6, 6.07) is 5.77. The van der Waals surface area contributed by atoms with Gasteiger partial charge in [-0.15, -0.1) is 0 Å². The van der Waals surface area contributed by atoms with E-state index in [2.05, 4.69) is 15.0 Å². The topological polar surface area (TPSA) is 34.0 Å². The summed E-state index contributed by atoms with van der Waals surface area (Å²) in [7, 11) is 1.55. The third kappa shape index (κ3) is 3.84. The van der Waals surface area contributed by atoms with E-state index in [1.54, 1.807) is 7.05 Å². The van der Waals surface area contributed by atoms with Crippen molar-refractivity contribution in [1.82, 2.24) is 0 Å². The first kappa shape index (κ1) is 11.3. The van der Waals surface area contributed by atoms with Gasteiger partial charge >= 0.3 is 0 Å². The molecule has 0 unspecified atom stereocenters. The zero-order chi connectivity index (χ0) is 11.1. The van der Waals surface area contributed by atoms with Crippen molar-refractivity contribution in [2.24, 2.45) is 10.1 Å². The fourth-order valence-corrected chi connectivity index (χ4v) is 0.893. The van der Waals surface area contributed by atoms with E-state index in [0.717, 1.165) is 0 Å². The number of hydrogen-bond donors (Lipinski definition) is 0. The Kier molecular flexibility index (Phi) is 4.40. The van der Waals surface area contributed by atoms with Crippen molar-refractivity contribution in [3.8, 4) is 0 Å². The Morgan fingerprint density at radius 1 is 1.27 bits per heavy atom. The van der Waals surface area contributed by atoms with E-state index >= 15 is 0 Å². The summed E-state index contributed by atoms with van der Waals surface area (Å²) in [5.41, 5.74) is 0.673. The van der Waals surface area contributed by atoms with Gasteiger partial charge in [0.15, 0.2) is 0 Å². The van der Waals surface area contributed by atoms with Crippen molar-refractivity contribution in [2.75, 3.05) is 7.05 Å². The van der Waals surface area contributed by atoms with Gasteiger partial charge in [-0.3, -0.25) is 4.99 Å². The Bertz CT molecular complexity index is 347. The molecular formula is C10H10F2N2O. The number of hydrogen-bond acceptors (Lipinski definition) is 3. The number of alkyl halides is 2. The maximum atomic E-state index is 12.2. The zero-order valence-electron chi connectivity index (χ0n) is 8.10. The van der Waals surface area contributed by atoms with Gasteiger partial charge in [0, 0.05) is 12.6 Å². The van der Waals surface area contributed by atoms with Crippen LogP contribution in [0.15, 0.2) is 34.4 Å². The van der Waals surface area contributed by atoms with E-state index in [9.17, 15) is 8.78 Å². The van der Waals surface area contributed by atoms with Crippen LogP contribution in [0.3, 0.4) is 0 Å². The summed E-state index contributed by atoms with van der Waals surface area (Å²) in [4.78, 5) is 8.14. The highest BCUT2D eigenvalue weighted by Crippen LogP contribution is 2.18. The third-order valence-electron chi connectivity index (χ3n) is 1.60. The number of aliphatic imine (C=N–C) groups is 1. The SMILES string of the molecule is C/N=C\O/N=C/c1ccc(C(F)F)cc1. The number of oxime groups is 1. The molecule has 0 aliphatic rings. The van der Waals surface area contributed by atoms with E-state index in [1.807, 2.05) is 0 Å². The molecule has 0 saturated carbocycles. The van der Waals surface area contributed by atoms with Gasteiger partial charge in [0.25, 0.3) is 6.43 Å². The summed E-state index contributed by atoms with van der Waals surface area (Å²) in [5.74, 6) is 0. The molecule has 0 heterocycles. The molecule has 0 bridgehead atoms. The molecule has 0 N–H and O–H groups in total. The highest BCUT2D eigenvalue weighted by molar-refractivity contribution is 5.79.